The lowest BCUT2D eigenvalue weighted by molar-refractivity contribution is -0.142. The smallest absolute Gasteiger partial charge is 0.323 e. The number of aliphatic hydroxyl groups excluding tert-OH is 1. The van der Waals surface area contributed by atoms with Crippen LogP contribution < -0.4 is 10.1 Å². The number of carbonyl (C=O) groups excluding carboxylic acids is 1. The van der Waals surface area contributed by atoms with Crippen LogP contribution in [-0.4, -0.2) is 64.6 Å². The molecule has 0 spiro atoms. The van der Waals surface area contributed by atoms with Gasteiger partial charge in [-0.05, 0) is 12.1 Å². The third-order valence-corrected chi connectivity index (χ3v) is 5.95. The summed E-state index contributed by atoms with van der Waals surface area (Å²) < 4.78 is 18.8. The van der Waals surface area contributed by atoms with Gasteiger partial charge >= 0.3 is 5.97 Å². The highest BCUT2D eigenvalue weighted by molar-refractivity contribution is 5.86. The third-order valence-electron chi connectivity index (χ3n) is 5.95. The van der Waals surface area contributed by atoms with E-state index in [0.717, 1.165) is 46.8 Å². The Kier molecular flexibility index (Phi) is 5.97. The van der Waals surface area contributed by atoms with Crippen molar-refractivity contribution >= 4 is 22.9 Å². The first-order valence-corrected chi connectivity index (χ1v) is 11.0. The van der Waals surface area contributed by atoms with Crippen LogP contribution in [0.1, 0.15) is 18.7 Å². The maximum Gasteiger partial charge on any atom is 0.323 e. The number of aliphatic hydroxyl groups is 1. The molecule has 1 saturated heterocycles. The minimum Gasteiger partial charge on any atom is -0.495 e. The number of nitrogens with one attached hydrogen (secondary N) is 1. The number of fused-ring (bicyclic) bond motifs is 2. The van der Waals surface area contributed by atoms with E-state index in [0.29, 0.717) is 18.7 Å². The van der Waals surface area contributed by atoms with Crippen LogP contribution in [0.3, 0.4) is 0 Å². The van der Waals surface area contributed by atoms with Crippen molar-refractivity contribution < 1.29 is 24.1 Å². The summed E-state index contributed by atoms with van der Waals surface area (Å²) in [5.74, 6) is 2.04. The number of methoxy groups -OCH3 is 1. The van der Waals surface area contributed by atoms with Crippen molar-refractivity contribution in [1.82, 2.24) is 19.9 Å². The van der Waals surface area contributed by atoms with Crippen LogP contribution in [0.4, 0.5) is 0 Å². The first-order chi connectivity index (χ1) is 16.2. The van der Waals surface area contributed by atoms with Gasteiger partial charge in [-0.1, -0.05) is 18.2 Å². The van der Waals surface area contributed by atoms with E-state index in [1.165, 1.54) is 7.11 Å². The summed E-state index contributed by atoms with van der Waals surface area (Å²) in [7, 11) is 1.39. The van der Waals surface area contributed by atoms with Crippen LogP contribution in [0, 0.1) is 0 Å². The Bertz CT molecular complexity index is 1200. The van der Waals surface area contributed by atoms with Gasteiger partial charge in [0.2, 0.25) is 0 Å². The van der Waals surface area contributed by atoms with Crippen molar-refractivity contribution in [3.05, 3.63) is 48.1 Å². The van der Waals surface area contributed by atoms with Crippen molar-refractivity contribution in [3.8, 4) is 17.1 Å². The number of allylic oxidation sites excluding steroid dienone is 1. The maximum atomic E-state index is 11.8. The summed E-state index contributed by atoms with van der Waals surface area (Å²) in [6.45, 7) is 1.56. The quantitative estimate of drug-likeness (QED) is 0.527. The zero-order valence-corrected chi connectivity index (χ0v) is 18.4. The van der Waals surface area contributed by atoms with Crippen LogP contribution in [0.25, 0.3) is 28.4 Å². The summed E-state index contributed by atoms with van der Waals surface area (Å²) in [4.78, 5) is 21.3. The number of hydrogen-bond acceptors (Lipinski definition) is 8. The molecule has 0 amide bonds. The molecule has 0 saturated carbocycles. The molecule has 33 heavy (non-hydrogen) atoms. The van der Waals surface area contributed by atoms with E-state index >= 15 is 0 Å². The van der Waals surface area contributed by atoms with Gasteiger partial charge in [0.05, 0.1) is 31.3 Å². The zero-order chi connectivity index (χ0) is 22.8. The Morgan fingerprint density at radius 1 is 1.30 bits per heavy atom. The van der Waals surface area contributed by atoms with Crippen LogP contribution in [0.15, 0.2) is 42.3 Å². The van der Waals surface area contributed by atoms with Gasteiger partial charge in [-0.15, -0.1) is 0 Å². The number of pyridine rings is 1. The molecule has 2 aliphatic heterocycles. The monoisotopic (exact) mass is 450 g/mol. The van der Waals surface area contributed by atoms with Crippen LogP contribution in [0.5, 0.6) is 5.75 Å². The summed E-state index contributed by atoms with van der Waals surface area (Å²) >= 11 is 0. The normalized spacial score (nSPS) is 19.8. The molecule has 0 unspecified atom stereocenters. The Balaban J connectivity index is 1.41. The molecule has 3 aromatic rings. The topological polar surface area (TPSA) is 108 Å². The molecule has 0 radical (unpaired) electrons. The standard InChI is InChI=1S/C24H26N4O5/c1-31-24(30)19-11-17(13-25-19)33-21-4-2-3-15-5-6-18(27-23(15)21)20-14-26-22-12-16(32-10-9-29)7-8-28(20)22/h2-6,12,14,17,19,25,29H,7-11,13H2,1H3/t17-,19+/m1/s1. The predicted molar refractivity (Wildman–Crippen MR) is 121 cm³/mol. The number of imidazole rings is 1. The predicted octanol–water partition coefficient (Wildman–Crippen LogP) is 2.13. The number of ether oxygens (including phenoxy) is 3. The lowest BCUT2D eigenvalue weighted by Crippen LogP contribution is -2.31. The first-order valence-electron chi connectivity index (χ1n) is 11.0. The molecule has 9 nitrogen and oxygen atoms in total. The van der Waals surface area contributed by atoms with Gasteiger partial charge in [0.1, 0.15) is 41.6 Å². The number of rotatable bonds is 7. The van der Waals surface area contributed by atoms with Crippen molar-refractivity contribution in [3.63, 3.8) is 0 Å². The number of carbonyl (C=O) groups is 1. The molecule has 0 bridgehead atoms. The number of nitrogens with zero attached hydrogens (tertiary/aromatic N) is 3. The van der Waals surface area contributed by atoms with E-state index in [1.807, 2.05) is 42.6 Å². The van der Waals surface area contributed by atoms with Crippen LogP contribution in [-0.2, 0) is 20.8 Å². The van der Waals surface area contributed by atoms with E-state index in [-0.39, 0.29) is 31.3 Å². The van der Waals surface area contributed by atoms with E-state index in [1.54, 1.807) is 0 Å². The molecule has 2 N–H and O–H groups in total. The molecule has 1 fully saturated rings. The van der Waals surface area contributed by atoms with Gasteiger partial charge < -0.3 is 29.2 Å². The first kappa shape index (κ1) is 21.4. The van der Waals surface area contributed by atoms with Gasteiger partial charge in [0.25, 0.3) is 0 Å². The highest BCUT2D eigenvalue weighted by Crippen LogP contribution is 2.31. The number of para-hydroxylation sites is 1. The number of aromatic nitrogens is 3. The molecule has 2 aliphatic rings. The Labute approximate surface area is 191 Å². The highest BCUT2D eigenvalue weighted by Gasteiger charge is 2.31. The van der Waals surface area contributed by atoms with Crippen molar-refractivity contribution in [2.45, 2.75) is 31.5 Å². The average Bonchev–Trinajstić information content (AvgIpc) is 3.49. The number of esters is 1. The van der Waals surface area contributed by atoms with E-state index in [9.17, 15) is 4.79 Å². The molecule has 5 rings (SSSR count). The van der Waals surface area contributed by atoms with Gasteiger partial charge in [0, 0.05) is 37.4 Å². The molecule has 172 valence electrons. The summed E-state index contributed by atoms with van der Waals surface area (Å²) in [5.41, 5.74) is 2.50. The lowest BCUT2D eigenvalue weighted by atomic mass is 10.1. The second-order valence-electron chi connectivity index (χ2n) is 8.07. The molecular weight excluding hydrogens is 424 g/mol. The zero-order valence-electron chi connectivity index (χ0n) is 18.4. The van der Waals surface area contributed by atoms with Gasteiger partial charge in [-0.25, -0.2) is 9.97 Å². The van der Waals surface area contributed by atoms with E-state index in [2.05, 4.69) is 14.9 Å². The fraction of sp³-hybridized carbons (Fsp3) is 0.375. The second kappa shape index (κ2) is 9.21. The Morgan fingerprint density at radius 2 is 2.21 bits per heavy atom. The average molecular weight is 450 g/mol. The van der Waals surface area contributed by atoms with Gasteiger partial charge in [-0.3, -0.25) is 4.79 Å². The van der Waals surface area contributed by atoms with Crippen molar-refractivity contribution in [1.29, 1.82) is 0 Å². The van der Waals surface area contributed by atoms with Crippen molar-refractivity contribution in [2.75, 3.05) is 26.9 Å². The second-order valence-corrected chi connectivity index (χ2v) is 8.07. The molecule has 1 aromatic carbocycles. The molecular formula is C24H26N4O5. The fourth-order valence-electron chi connectivity index (χ4n) is 4.33. The van der Waals surface area contributed by atoms with Gasteiger partial charge in [0.15, 0.2) is 0 Å². The van der Waals surface area contributed by atoms with Gasteiger partial charge in [-0.2, -0.15) is 0 Å². The number of hydrogen-bond donors (Lipinski definition) is 2. The molecule has 4 heterocycles. The Morgan fingerprint density at radius 3 is 3.06 bits per heavy atom. The largest absolute Gasteiger partial charge is 0.495 e. The summed E-state index contributed by atoms with van der Waals surface area (Å²) in [6, 6.07) is 9.52. The van der Waals surface area contributed by atoms with E-state index < -0.39 is 0 Å². The maximum absolute atomic E-state index is 11.8. The highest BCUT2D eigenvalue weighted by atomic mass is 16.5. The van der Waals surface area contributed by atoms with Crippen molar-refractivity contribution in [2.24, 2.45) is 0 Å². The minimum atomic E-state index is -0.351. The van der Waals surface area contributed by atoms with E-state index in [4.69, 9.17) is 24.3 Å². The fourth-order valence-corrected chi connectivity index (χ4v) is 4.33. The SMILES string of the molecule is COC(=O)[C@@H]1C[C@@H](Oc2cccc3ccc(-c4cnc5n4CCC(OCCO)=C5)nc23)CN1. The third kappa shape index (κ3) is 4.29. The van der Waals surface area contributed by atoms with Crippen LogP contribution in [0.2, 0.25) is 0 Å². The van der Waals surface area contributed by atoms with Crippen LogP contribution >= 0.6 is 0 Å². The summed E-state index contributed by atoms with van der Waals surface area (Å²) in [6.07, 6.45) is 4.86. The molecule has 0 aliphatic carbocycles. The summed E-state index contributed by atoms with van der Waals surface area (Å²) in [5, 5.41) is 13.1. The minimum absolute atomic E-state index is 0.0112. The lowest BCUT2D eigenvalue weighted by Gasteiger charge is -2.18. The molecule has 9 heteroatoms. The Hall–Kier alpha value is -3.43. The molecule has 2 atom stereocenters. The number of benzene rings is 1. The molecule has 2 aromatic heterocycles.